The van der Waals surface area contributed by atoms with Crippen molar-refractivity contribution in [3.63, 3.8) is 0 Å². The highest BCUT2D eigenvalue weighted by molar-refractivity contribution is 5.89. The van der Waals surface area contributed by atoms with Crippen molar-refractivity contribution >= 4 is 5.57 Å². The van der Waals surface area contributed by atoms with E-state index < -0.39 is 5.41 Å². The Kier molecular flexibility index (Phi) is 9.27. The molecule has 0 bridgehead atoms. The Hall–Kier alpha value is -7.09. The normalized spacial score (nSPS) is 12.8. The Bertz CT molecular complexity index is 2700. The molecule has 0 radical (unpaired) electrons. The number of hydrogen-bond donors (Lipinski definition) is 0. The summed E-state index contributed by atoms with van der Waals surface area (Å²) in [7, 11) is 0. The zero-order valence-corrected chi connectivity index (χ0v) is 31.4. The SMILES string of the molecule is C=C(/C=C\C=C/C)c1cc(-c2ccccc2)nc(-c2cccc(-c3ccc(-c4ccc5c(c4)C(c4ccccc4)(c4ccccc4)c4ccccc4-5)cc3)c2)c1. The van der Waals surface area contributed by atoms with Crippen molar-refractivity contribution in [2.45, 2.75) is 12.3 Å². The summed E-state index contributed by atoms with van der Waals surface area (Å²) >= 11 is 0. The molecule has 1 heterocycles. The second-order valence-electron chi connectivity index (χ2n) is 14.3. The smallest absolute Gasteiger partial charge is 0.0715 e. The lowest BCUT2D eigenvalue weighted by Gasteiger charge is -2.34. The van der Waals surface area contributed by atoms with Crippen molar-refractivity contribution in [2.75, 3.05) is 0 Å². The summed E-state index contributed by atoms with van der Waals surface area (Å²) in [4.78, 5) is 5.16. The molecule has 1 heteroatoms. The third kappa shape index (κ3) is 6.24. The van der Waals surface area contributed by atoms with Gasteiger partial charge in [-0.1, -0.05) is 201 Å². The zero-order chi connectivity index (χ0) is 37.9. The second-order valence-corrected chi connectivity index (χ2v) is 14.3. The van der Waals surface area contributed by atoms with Crippen LogP contribution in [0, 0.1) is 0 Å². The van der Waals surface area contributed by atoms with E-state index in [1.807, 2.05) is 31.2 Å². The van der Waals surface area contributed by atoms with E-state index in [-0.39, 0.29) is 0 Å². The molecule has 0 aliphatic heterocycles. The first-order chi connectivity index (χ1) is 27.6. The first kappa shape index (κ1) is 34.7. The maximum absolute atomic E-state index is 5.16. The molecule has 7 aromatic carbocycles. The van der Waals surface area contributed by atoms with Crippen LogP contribution in [0.25, 0.3) is 61.5 Å². The van der Waals surface area contributed by atoms with Gasteiger partial charge in [0.2, 0.25) is 0 Å². The van der Waals surface area contributed by atoms with Gasteiger partial charge < -0.3 is 0 Å². The number of aromatic nitrogens is 1. The predicted octanol–water partition coefficient (Wildman–Crippen LogP) is 14.3. The fourth-order valence-corrected chi connectivity index (χ4v) is 8.34. The predicted molar refractivity (Wildman–Crippen MR) is 236 cm³/mol. The van der Waals surface area contributed by atoms with Crippen LogP contribution in [0.3, 0.4) is 0 Å². The molecule has 0 N–H and O–H groups in total. The van der Waals surface area contributed by atoms with Crippen LogP contribution in [0.4, 0.5) is 0 Å². The standard InChI is InChI=1S/C55H41N/c1-3-4-8-18-39(2)46-37-53(42-19-9-5-10-20-42)56-54(38-46)45-22-17-21-43(35-45)40-29-31-41(32-30-40)44-33-34-50-49-27-15-16-28-51(49)55(52(50)36-44,47-23-11-6-12-24-47)48-25-13-7-14-26-48/h3-38H,2H2,1H3/b4-3-,18-8-. The average Bonchev–Trinajstić information content (AvgIpc) is 3.57. The number of hydrogen-bond acceptors (Lipinski definition) is 1. The van der Waals surface area contributed by atoms with Crippen LogP contribution in [-0.2, 0) is 5.41 Å². The van der Waals surface area contributed by atoms with Crippen LogP contribution in [0.2, 0.25) is 0 Å². The van der Waals surface area contributed by atoms with Gasteiger partial charge in [0.1, 0.15) is 0 Å². The first-order valence-corrected chi connectivity index (χ1v) is 19.3. The van der Waals surface area contributed by atoms with E-state index in [9.17, 15) is 0 Å². The molecule has 0 spiro atoms. The fourth-order valence-electron chi connectivity index (χ4n) is 8.34. The molecule has 0 saturated heterocycles. The van der Waals surface area contributed by atoms with Gasteiger partial charge in [-0.25, -0.2) is 4.98 Å². The van der Waals surface area contributed by atoms with Gasteiger partial charge in [-0.3, -0.25) is 0 Å². The van der Waals surface area contributed by atoms with Crippen molar-refractivity contribution in [1.82, 2.24) is 4.98 Å². The molecular weight excluding hydrogens is 675 g/mol. The lowest BCUT2D eigenvalue weighted by atomic mass is 9.67. The van der Waals surface area contributed by atoms with Crippen molar-refractivity contribution < 1.29 is 0 Å². The largest absolute Gasteiger partial charge is 0.248 e. The van der Waals surface area contributed by atoms with Gasteiger partial charge in [-0.05, 0) is 98.0 Å². The zero-order valence-electron chi connectivity index (χ0n) is 31.4. The Morgan fingerprint density at radius 2 is 0.964 bits per heavy atom. The summed E-state index contributed by atoms with van der Waals surface area (Å²) in [5, 5.41) is 0. The number of allylic oxidation sites excluding steroid dienone is 5. The lowest BCUT2D eigenvalue weighted by Crippen LogP contribution is -2.28. The van der Waals surface area contributed by atoms with Crippen LogP contribution in [-0.4, -0.2) is 4.98 Å². The van der Waals surface area contributed by atoms with Crippen LogP contribution in [0.5, 0.6) is 0 Å². The van der Waals surface area contributed by atoms with Gasteiger partial charge in [0.25, 0.3) is 0 Å². The molecule has 0 fully saturated rings. The van der Waals surface area contributed by atoms with Crippen LogP contribution in [0.1, 0.15) is 34.7 Å². The Morgan fingerprint density at radius 1 is 0.446 bits per heavy atom. The highest BCUT2D eigenvalue weighted by atomic mass is 14.7. The van der Waals surface area contributed by atoms with E-state index in [4.69, 9.17) is 4.98 Å². The van der Waals surface area contributed by atoms with E-state index in [0.29, 0.717) is 0 Å². The summed E-state index contributed by atoms with van der Waals surface area (Å²) < 4.78 is 0. The Morgan fingerprint density at radius 3 is 1.62 bits per heavy atom. The minimum atomic E-state index is -0.425. The third-order valence-corrected chi connectivity index (χ3v) is 11.0. The summed E-state index contributed by atoms with van der Waals surface area (Å²) in [6.07, 6.45) is 8.11. The lowest BCUT2D eigenvalue weighted by molar-refractivity contribution is 0.769. The number of rotatable bonds is 9. The van der Waals surface area contributed by atoms with Gasteiger partial charge in [0.05, 0.1) is 16.8 Å². The molecule has 9 rings (SSSR count). The molecule has 8 aromatic rings. The minimum absolute atomic E-state index is 0.425. The van der Waals surface area contributed by atoms with E-state index >= 15 is 0 Å². The second kappa shape index (κ2) is 15.0. The molecule has 0 amide bonds. The van der Waals surface area contributed by atoms with Gasteiger partial charge in [-0.2, -0.15) is 0 Å². The number of pyridine rings is 1. The molecule has 56 heavy (non-hydrogen) atoms. The van der Waals surface area contributed by atoms with Crippen molar-refractivity contribution in [3.05, 3.63) is 253 Å². The van der Waals surface area contributed by atoms with Crippen molar-refractivity contribution in [1.29, 1.82) is 0 Å². The summed E-state index contributed by atoms with van der Waals surface area (Å²) in [5.41, 5.74) is 18.0. The summed E-state index contributed by atoms with van der Waals surface area (Å²) in [6, 6.07) is 70.2. The molecule has 1 aromatic heterocycles. The van der Waals surface area contributed by atoms with E-state index in [1.54, 1.807) is 0 Å². The third-order valence-electron chi connectivity index (χ3n) is 11.0. The van der Waals surface area contributed by atoms with Crippen molar-refractivity contribution in [2.24, 2.45) is 0 Å². The van der Waals surface area contributed by atoms with Crippen LogP contribution in [0.15, 0.2) is 225 Å². The topological polar surface area (TPSA) is 12.9 Å². The van der Waals surface area contributed by atoms with Gasteiger partial charge in [0, 0.05) is 11.1 Å². The van der Waals surface area contributed by atoms with Gasteiger partial charge in [0.15, 0.2) is 0 Å². The van der Waals surface area contributed by atoms with E-state index in [1.165, 1.54) is 44.5 Å². The highest BCUT2D eigenvalue weighted by Crippen LogP contribution is 2.56. The summed E-state index contributed by atoms with van der Waals surface area (Å²) in [6.45, 7) is 6.40. The summed E-state index contributed by atoms with van der Waals surface area (Å²) in [5.74, 6) is 0. The first-order valence-electron chi connectivity index (χ1n) is 19.3. The minimum Gasteiger partial charge on any atom is -0.248 e. The monoisotopic (exact) mass is 715 g/mol. The molecular formula is C55H41N. The molecule has 266 valence electrons. The Labute approximate surface area is 330 Å². The molecule has 1 aliphatic rings. The molecule has 0 atom stereocenters. The van der Waals surface area contributed by atoms with E-state index in [2.05, 4.69) is 201 Å². The number of benzene rings is 7. The average molecular weight is 716 g/mol. The van der Waals surface area contributed by atoms with Crippen LogP contribution < -0.4 is 0 Å². The molecule has 1 nitrogen and oxygen atoms in total. The maximum Gasteiger partial charge on any atom is 0.0715 e. The molecule has 1 aliphatic carbocycles. The van der Waals surface area contributed by atoms with E-state index in [0.717, 1.165) is 44.8 Å². The quantitative estimate of drug-likeness (QED) is 0.136. The highest BCUT2D eigenvalue weighted by Gasteiger charge is 2.46. The van der Waals surface area contributed by atoms with Crippen LogP contribution >= 0.6 is 0 Å². The van der Waals surface area contributed by atoms with Crippen molar-refractivity contribution in [3.8, 4) is 55.9 Å². The fraction of sp³-hybridized carbons (Fsp3) is 0.0364. The molecule has 0 saturated carbocycles. The number of nitrogens with zero attached hydrogens (tertiary/aromatic N) is 1. The van der Waals surface area contributed by atoms with Gasteiger partial charge in [-0.15, -0.1) is 0 Å². The maximum atomic E-state index is 5.16. The Balaban J connectivity index is 1.09. The molecule has 0 unspecified atom stereocenters. The number of fused-ring (bicyclic) bond motifs is 3. The van der Waals surface area contributed by atoms with Gasteiger partial charge >= 0.3 is 0 Å².